The molecule has 2 saturated heterocycles. The SMILES string of the molecule is CC(C)[C@H](NC(=O)[C@H](Cc1ccc(O)cc1)NC(=O)CCCC[C@@H]1SC[C@@H]2NC(=O)N[C@@H]21)C(=O)N[C@@H](C)C(=O)N[C@@H](CC(=O)O)C(=O)C(=O)CCl. The van der Waals surface area contributed by atoms with Crippen molar-refractivity contribution in [2.45, 2.75) is 101 Å². The molecule has 0 spiro atoms. The number of urea groups is 1. The van der Waals surface area contributed by atoms with Crippen LogP contribution in [0.4, 0.5) is 4.79 Å². The summed E-state index contributed by atoms with van der Waals surface area (Å²) in [5.74, 6) is -6.87. The second-order valence-corrected chi connectivity index (χ2v) is 14.4. The topological polar surface area (TPSA) is 249 Å². The van der Waals surface area contributed by atoms with E-state index >= 15 is 0 Å². The van der Waals surface area contributed by atoms with Crippen LogP contribution in [0.5, 0.6) is 5.75 Å². The van der Waals surface area contributed by atoms with Crippen molar-refractivity contribution in [3.8, 4) is 5.75 Å². The number of phenols is 1. The van der Waals surface area contributed by atoms with Crippen molar-refractivity contribution in [1.82, 2.24) is 31.9 Å². The number of alkyl halides is 1. The number of carbonyl (C=O) groups is 8. The van der Waals surface area contributed by atoms with E-state index in [2.05, 4.69) is 31.9 Å². The van der Waals surface area contributed by atoms with Crippen LogP contribution in [-0.4, -0.2) is 111 Å². The molecule has 280 valence electrons. The molecular weight excluding hydrogens is 708 g/mol. The van der Waals surface area contributed by atoms with Gasteiger partial charge in [0.2, 0.25) is 35.2 Å². The zero-order valence-electron chi connectivity index (χ0n) is 28.5. The number of amides is 6. The second-order valence-electron chi connectivity index (χ2n) is 12.9. The number of halogens is 1. The van der Waals surface area contributed by atoms with Crippen molar-refractivity contribution in [2.75, 3.05) is 11.6 Å². The zero-order chi connectivity index (χ0) is 37.8. The van der Waals surface area contributed by atoms with Gasteiger partial charge in [-0.15, -0.1) is 11.6 Å². The van der Waals surface area contributed by atoms with Crippen LogP contribution in [-0.2, 0) is 40.0 Å². The molecule has 8 N–H and O–H groups in total. The number of nitrogens with one attached hydrogen (secondary N) is 6. The standard InChI is InChI=1S/C33H45ClN6O10S/c1-16(2)27(32(49)35-17(3)30(47)37-20(13-26(44)45)29(46)23(42)14-34)39-31(48)21(12-18-8-10-19(41)11-9-18)36-25(43)7-5-4-6-24-28-22(15-51-24)38-33(50)40-28/h8-11,16-17,20-22,24,27-28,41H,4-7,12-15H2,1-3H3,(H,35,49)(H,36,43)(H,37,47)(H,39,48)(H,44,45)(H2,38,40,50)/t17-,20-,21-,22-,24-,27-,28-/m0/s1. The Morgan fingerprint density at radius 3 is 2.22 bits per heavy atom. The Balaban J connectivity index is 1.62. The third kappa shape index (κ3) is 12.4. The minimum absolute atomic E-state index is 0.0162. The molecule has 0 aliphatic carbocycles. The highest BCUT2D eigenvalue weighted by Crippen LogP contribution is 2.33. The monoisotopic (exact) mass is 752 g/mol. The van der Waals surface area contributed by atoms with Gasteiger partial charge in [0, 0.05) is 23.8 Å². The van der Waals surface area contributed by atoms with Crippen molar-refractivity contribution in [1.29, 1.82) is 0 Å². The molecule has 1 aromatic rings. The Bertz CT molecular complexity index is 1480. The lowest BCUT2D eigenvalue weighted by Gasteiger charge is -2.27. The van der Waals surface area contributed by atoms with Gasteiger partial charge in [-0.3, -0.25) is 33.6 Å². The molecule has 16 nitrogen and oxygen atoms in total. The number of benzene rings is 1. The third-order valence-corrected chi connectivity index (χ3v) is 10.3. The van der Waals surface area contributed by atoms with Crippen LogP contribution in [0.25, 0.3) is 0 Å². The zero-order valence-corrected chi connectivity index (χ0v) is 30.1. The molecule has 3 rings (SSSR count). The lowest BCUT2D eigenvalue weighted by molar-refractivity contribution is -0.143. The average Bonchev–Trinajstić information content (AvgIpc) is 3.63. The fourth-order valence-corrected chi connectivity index (χ4v) is 7.39. The number of aliphatic carboxylic acids is 1. The van der Waals surface area contributed by atoms with Gasteiger partial charge in [0.25, 0.3) is 0 Å². The highest BCUT2D eigenvalue weighted by molar-refractivity contribution is 8.00. The number of unbranched alkanes of at least 4 members (excludes halogenated alkanes) is 1. The number of Topliss-reactive ketones (excluding diaryl/α,β-unsaturated/α-hetero) is 2. The van der Waals surface area contributed by atoms with E-state index in [4.69, 9.17) is 16.7 Å². The summed E-state index contributed by atoms with van der Waals surface area (Å²) >= 11 is 7.18. The molecule has 0 saturated carbocycles. The van der Waals surface area contributed by atoms with Gasteiger partial charge in [0.05, 0.1) is 24.4 Å². The van der Waals surface area contributed by atoms with Crippen molar-refractivity contribution in [3.05, 3.63) is 29.8 Å². The van der Waals surface area contributed by atoms with Crippen molar-refractivity contribution in [2.24, 2.45) is 5.92 Å². The minimum Gasteiger partial charge on any atom is -0.508 e. The van der Waals surface area contributed by atoms with E-state index < -0.39 is 77.6 Å². The predicted octanol–water partition coefficient (Wildman–Crippen LogP) is 0.127. The van der Waals surface area contributed by atoms with E-state index in [1.807, 2.05) is 0 Å². The number of aromatic hydroxyl groups is 1. The highest BCUT2D eigenvalue weighted by Gasteiger charge is 2.42. The maximum Gasteiger partial charge on any atom is 0.315 e. The summed E-state index contributed by atoms with van der Waals surface area (Å²) in [5.41, 5.74) is 0.627. The molecule has 0 radical (unpaired) electrons. The normalized spacial score (nSPS) is 20.1. The quantitative estimate of drug-likeness (QED) is 0.0385. The van der Waals surface area contributed by atoms with Gasteiger partial charge >= 0.3 is 12.0 Å². The average molecular weight is 753 g/mol. The van der Waals surface area contributed by atoms with Crippen molar-refractivity contribution in [3.63, 3.8) is 0 Å². The third-order valence-electron chi connectivity index (χ3n) is 8.52. The molecular formula is C33H45ClN6O10S. The van der Waals surface area contributed by atoms with Crippen LogP contribution >= 0.6 is 23.4 Å². The summed E-state index contributed by atoms with van der Waals surface area (Å²) in [4.78, 5) is 99.7. The Morgan fingerprint density at radius 1 is 0.902 bits per heavy atom. The summed E-state index contributed by atoms with van der Waals surface area (Å²) < 4.78 is 0. The number of phenolic OH excluding ortho intramolecular Hbond substituents is 1. The second kappa shape index (κ2) is 19.3. The maximum atomic E-state index is 13.6. The van der Waals surface area contributed by atoms with Gasteiger partial charge in [-0.2, -0.15) is 11.8 Å². The molecule has 18 heteroatoms. The Kier molecular flexibility index (Phi) is 15.5. The van der Waals surface area contributed by atoms with Crippen LogP contribution in [0.3, 0.4) is 0 Å². The first kappa shape index (κ1) is 41.0. The minimum atomic E-state index is -1.70. The summed E-state index contributed by atoms with van der Waals surface area (Å²) in [5, 5.41) is 34.9. The first-order chi connectivity index (χ1) is 24.1. The fraction of sp³-hybridized carbons (Fsp3) is 0.576. The number of thioether (sulfide) groups is 1. The van der Waals surface area contributed by atoms with E-state index in [0.717, 1.165) is 18.6 Å². The largest absolute Gasteiger partial charge is 0.508 e. The van der Waals surface area contributed by atoms with Crippen LogP contribution in [0.1, 0.15) is 58.4 Å². The molecule has 2 aliphatic rings. The number of hydrogen-bond donors (Lipinski definition) is 8. The smallest absolute Gasteiger partial charge is 0.315 e. The molecule has 2 heterocycles. The van der Waals surface area contributed by atoms with Gasteiger partial charge in [-0.1, -0.05) is 32.4 Å². The number of hydrogen-bond acceptors (Lipinski definition) is 10. The molecule has 2 fully saturated rings. The van der Waals surface area contributed by atoms with E-state index in [1.165, 1.54) is 19.1 Å². The Morgan fingerprint density at radius 2 is 1.59 bits per heavy atom. The molecule has 0 bridgehead atoms. The summed E-state index contributed by atoms with van der Waals surface area (Å²) in [6, 6.07) is 0.774. The van der Waals surface area contributed by atoms with Crippen LogP contribution in [0.15, 0.2) is 24.3 Å². The summed E-state index contributed by atoms with van der Waals surface area (Å²) in [6.07, 6.45) is 1.38. The molecule has 6 amide bonds. The van der Waals surface area contributed by atoms with Gasteiger partial charge < -0.3 is 42.1 Å². The molecule has 2 aliphatic heterocycles. The van der Waals surface area contributed by atoms with Crippen LogP contribution in [0.2, 0.25) is 0 Å². The molecule has 51 heavy (non-hydrogen) atoms. The number of ketones is 2. The van der Waals surface area contributed by atoms with Gasteiger partial charge in [-0.05, 0) is 43.4 Å². The number of carboxylic acids is 1. The van der Waals surface area contributed by atoms with Gasteiger partial charge in [0.15, 0.2) is 0 Å². The summed E-state index contributed by atoms with van der Waals surface area (Å²) in [6.45, 7) is 4.58. The highest BCUT2D eigenvalue weighted by atomic mass is 35.5. The van der Waals surface area contributed by atoms with Crippen molar-refractivity contribution < 1.29 is 48.6 Å². The number of rotatable bonds is 20. The number of carboxylic acid groups (broad SMARTS) is 1. The maximum absolute atomic E-state index is 13.6. The predicted molar refractivity (Wildman–Crippen MR) is 187 cm³/mol. The lowest BCUT2D eigenvalue weighted by atomic mass is 10.00. The van der Waals surface area contributed by atoms with Gasteiger partial charge in [0.1, 0.15) is 29.9 Å². The van der Waals surface area contributed by atoms with Gasteiger partial charge in [-0.25, -0.2) is 4.79 Å². The first-order valence-electron chi connectivity index (χ1n) is 16.6. The lowest BCUT2D eigenvalue weighted by Crippen LogP contribution is -2.59. The fourth-order valence-electron chi connectivity index (χ4n) is 5.72. The first-order valence-corrected chi connectivity index (χ1v) is 18.2. The Labute approximate surface area is 304 Å². The summed E-state index contributed by atoms with van der Waals surface area (Å²) in [7, 11) is 0. The Hall–Kier alpha value is -4.38. The van der Waals surface area contributed by atoms with E-state index in [-0.39, 0.29) is 47.9 Å². The molecule has 1 aromatic carbocycles. The van der Waals surface area contributed by atoms with Crippen molar-refractivity contribution >= 4 is 70.6 Å². The van der Waals surface area contributed by atoms with E-state index in [1.54, 1.807) is 37.7 Å². The van der Waals surface area contributed by atoms with Crippen LogP contribution < -0.4 is 31.9 Å². The van der Waals surface area contributed by atoms with E-state index in [9.17, 15) is 43.5 Å². The molecule has 0 unspecified atom stereocenters. The molecule has 0 aromatic heterocycles. The number of fused-ring (bicyclic) bond motifs is 1. The van der Waals surface area contributed by atoms with E-state index in [0.29, 0.717) is 12.0 Å². The van der Waals surface area contributed by atoms with Crippen LogP contribution in [0, 0.1) is 5.92 Å². The molecule has 7 atom stereocenters. The number of carbonyl (C=O) groups excluding carboxylic acids is 7.